The van der Waals surface area contributed by atoms with Crippen molar-refractivity contribution in [3.63, 3.8) is 0 Å². The van der Waals surface area contributed by atoms with E-state index in [4.69, 9.17) is 19.8 Å². The standard InChI is InChI=1S/C2H2O4.La.Mn.Sr/c3-1(4)2(5)6;;;/h(H,3,4)(H,5,6);;;/q;+3;2*+2/p-2. The van der Waals surface area contributed by atoms with E-state index in [9.17, 15) is 0 Å². The second-order valence-corrected chi connectivity index (χ2v) is 0.575. The Bertz CT molecular complexity index is 84.6. The zero-order chi connectivity index (χ0) is 5.15. The van der Waals surface area contributed by atoms with Crippen LogP contribution in [0.2, 0.25) is 0 Å². The first-order valence-corrected chi connectivity index (χ1v) is 1.07. The molecule has 0 bridgehead atoms. The van der Waals surface area contributed by atoms with Crippen molar-refractivity contribution >= 4 is 57.4 Å². The van der Waals surface area contributed by atoms with E-state index in [1.807, 2.05) is 0 Å². The average Bonchev–Trinajstić information content (AvgIpc) is 1.36. The Balaban J connectivity index is -0.0000000417. The summed E-state index contributed by atoms with van der Waals surface area (Å²) >= 11 is 0. The number of aliphatic carboxylic acids is 2. The fourth-order valence-corrected chi connectivity index (χ4v) is 0. The predicted molar refractivity (Wildman–Crippen MR) is 15.8 cm³/mol. The molecule has 0 rings (SSSR count). The van der Waals surface area contributed by atoms with E-state index in [1.165, 1.54) is 0 Å². The third kappa shape index (κ3) is 17.8. The van der Waals surface area contributed by atoms with Crippen LogP contribution in [0.15, 0.2) is 0 Å². The molecule has 0 aliphatic heterocycles. The molecule has 0 saturated carbocycles. The molecule has 4 nitrogen and oxygen atoms in total. The second kappa shape index (κ2) is 12.8. The van der Waals surface area contributed by atoms with Crippen LogP contribution in [0.1, 0.15) is 0 Å². The number of hydrogen-bond acceptors (Lipinski definition) is 4. The molecule has 9 heavy (non-hydrogen) atoms. The molecule has 39 valence electrons. The van der Waals surface area contributed by atoms with Gasteiger partial charge in [0.2, 0.25) is 0 Å². The predicted octanol–water partition coefficient (Wildman–Crippen LogP) is -3.90. The van der Waals surface area contributed by atoms with Gasteiger partial charge in [0.25, 0.3) is 0 Å². The Labute approximate surface area is 127 Å². The number of carboxylic acid groups (broad SMARTS) is 2. The molecule has 0 aromatic carbocycles. The number of carbonyl (C=O) groups is 2. The van der Waals surface area contributed by atoms with Gasteiger partial charge in [0, 0.05) is 0 Å². The normalized spacial score (nSPS) is 4.89. The molecule has 0 aromatic rings. The first-order chi connectivity index (χ1) is 2.64. The monoisotopic (exact) mass is 370 g/mol. The molecule has 0 N–H and O–H groups in total. The van der Waals surface area contributed by atoms with Crippen LogP contribution < -0.4 is 10.2 Å². The Hall–Kier alpha value is 2.13. The van der Waals surface area contributed by atoms with Crippen molar-refractivity contribution in [1.29, 1.82) is 0 Å². The van der Waals surface area contributed by atoms with Crippen molar-refractivity contribution in [1.82, 2.24) is 0 Å². The van der Waals surface area contributed by atoms with Gasteiger partial charge in [-0.3, -0.25) is 0 Å². The maximum Gasteiger partial charge on any atom is 3.00 e. The fraction of sp³-hybridized carbons (Fsp3) is 0. The van der Waals surface area contributed by atoms with E-state index in [1.54, 1.807) is 0 Å². The van der Waals surface area contributed by atoms with Crippen LogP contribution in [0, 0.1) is 35.6 Å². The average molecular weight is 369 g/mol. The molecule has 0 saturated heterocycles. The second-order valence-electron chi connectivity index (χ2n) is 0.575. The quantitative estimate of drug-likeness (QED) is 0.323. The summed E-state index contributed by atoms with van der Waals surface area (Å²) in [6, 6.07) is 0. The molecule has 1 radical (unpaired) electrons. The molecule has 7 heteroatoms. The van der Waals surface area contributed by atoms with Gasteiger partial charge in [-0.2, -0.15) is 0 Å². The SMILES string of the molecule is O=C([O-])C(=O)[O-].[La+3].[Mn+2].[Sr+2]. The van der Waals surface area contributed by atoms with E-state index in [0.29, 0.717) is 0 Å². The summed E-state index contributed by atoms with van der Waals surface area (Å²) in [4.78, 5) is 17.9. The molecule has 0 aliphatic rings. The van der Waals surface area contributed by atoms with Crippen LogP contribution in [0.3, 0.4) is 0 Å². The summed E-state index contributed by atoms with van der Waals surface area (Å²) < 4.78 is 0. The summed E-state index contributed by atoms with van der Waals surface area (Å²) in [7, 11) is 0. The van der Waals surface area contributed by atoms with Gasteiger partial charge >= 0.3 is 98.1 Å². The molecule has 0 fully saturated rings. The molecule has 0 amide bonds. The Morgan fingerprint density at radius 3 is 1.11 bits per heavy atom. The minimum absolute atomic E-state index is 0. The zero-order valence-electron chi connectivity index (χ0n) is 4.30. The van der Waals surface area contributed by atoms with E-state index in [2.05, 4.69) is 0 Å². The Morgan fingerprint density at radius 1 is 1.00 bits per heavy atom. The third-order valence-corrected chi connectivity index (χ3v) is 0.167. The molecular weight excluding hydrogens is 369 g/mol. The summed E-state index contributed by atoms with van der Waals surface area (Å²) in [5, 5.41) is 17.9. The van der Waals surface area contributed by atoms with Gasteiger partial charge < -0.3 is 19.8 Å². The Morgan fingerprint density at radius 2 is 1.11 bits per heavy atom. The summed E-state index contributed by atoms with van der Waals surface area (Å²) in [5.74, 6) is -4.37. The summed E-state index contributed by atoms with van der Waals surface area (Å²) in [5.41, 5.74) is 0. The van der Waals surface area contributed by atoms with Crippen molar-refractivity contribution in [3.05, 3.63) is 0 Å². The number of rotatable bonds is 0. The molecule has 0 spiro atoms. The van der Waals surface area contributed by atoms with Gasteiger partial charge in [0.15, 0.2) is 0 Å². The van der Waals surface area contributed by atoms with Crippen molar-refractivity contribution in [2.24, 2.45) is 0 Å². The van der Waals surface area contributed by atoms with Crippen molar-refractivity contribution < 1.29 is 72.5 Å². The van der Waals surface area contributed by atoms with Crippen LogP contribution in [0.5, 0.6) is 0 Å². The molecule has 0 atom stereocenters. The minimum atomic E-state index is -2.19. The van der Waals surface area contributed by atoms with Crippen LogP contribution in [0.25, 0.3) is 0 Å². The van der Waals surface area contributed by atoms with Gasteiger partial charge in [0.05, 0.1) is 11.9 Å². The van der Waals surface area contributed by atoms with E-state index in [0.717, 1.165) is 0 Å². The first kappa shape index (κ1) is 22.5. The smallest absolute Gasteiger partial charge is 0.543 e. The Kier molecular flexibility index (Phi) is 31.9. The van der Waals surface area contributed by atoms with Crippen LogP contribution in [-0.4, -0.2) is 57.4 Å². The summed E-state index contributed by atoms with van der Waals surface area (Å²) in [6.07, 6.45) is 0. The van der Waals surface area contributed by atoms with Crippen LogP contribution in [-0.2, 0) is 26.7 Å². The van der Waals surface area contributed by atoms with Gasteiger partial charge in [-0.25, -0.2) is 0 Å². The molecule has 0 aliphatic carbocycles. The largest absolute Gasteiger partial charge is 3.00 e. The molecule has 0 heterocycles. The first-order valence-electron chi connectivity index (χ1n) is 1.07. The van der Waals surface area contributed by atoms with E-state index < -0.39 is 11.9 Å². The van der Waals surface area contributed by atoms with Crippen LogP contribution >= 0.6 is 0 Å². The van der Waals surface area contributed by atoms with Crippen molar-refractivity contribution in [2.45, 2.75) is 0 Å². The summed E-state index contributed by atoms with van der Waals surface area (Å²) in [6.45, 7) is 0. The topological polar surface area (TPSA) is 80.3 Å². The molecule has 0 unspecified atom stereocenters. The molecular formula is C2LaMnO4Sr+5. The van der Waals surface area contributed by atoms with Gasteiger partial charge in [-0.15, -0.1) is 0 Å². The van der Waals surface area contributed by atoms with Gasteiger partial charge in [-0.1, -0.05) is 0 Å². The van der Waals surface area contributed by atoms with Crippen molar-refractivity contribution in [3.8, 4) is 0 Å². The minimum Gasteiger partial charge on any atom is -0.543 e. The van der Waals surface area contributed by atoms with E-state index >= 15 is 0 Å². The van der Waals surface area contributed by atoms with Crippen LogP contribution in [0.4, 0.5) is 0 Å². The van der Waals surface area contributed by atoms with Gasteiger partial charge in [-0.05, 0) is 0 Å². The zero-order valence-corrected chi connectivity index (χ0v) is 12.6. The maximum absolute atomic E-state index is 8.93. The third-order valence-electron chi connectivity index (χ3n) is 0.167. The maximum atomic E-state index is 8.93. The number of carbonyl (C=O) groups excluding carboxylic acids is 2. The van der Waals surface area contributed by atoms with E-state index in [-0.39, 0.29) is 98.1 Å². The number of carboxylic acids is 2. The van der Waals surface area contributed by atoms with Gasteiger partial charge in [0.1, 0.15) is 0 Å². The number of hydrogen-bond donors (Lipinski definition) is 0. The van der Waals surface area contributed by atoms with Crippen molar-refractivity contribution in [2.75, 3.05) is 0 Å². The fourth-order valence-electron chi connectivity index (χ4n) is 0. The molecule has 0 aromatic heterocycles.